The number of hydrogen-bond acceptors (Lipinski definition) is 2. The molecule has 8 bridgehead atoms. The SMILES string of the molecule is C1=CC2CC3CCC(CC4C=CC(CC5CCC(CC1N2)[N-]5)N4)[N-]3.[Fe+5]. The van der Waals surface area contributed by atoms with Gasteiger partial charge in [0.05, 0.1) is 0 Å². The summed E-state index contributed by atoms with van der Waals surface area (Å²) < 4.78 is 0. The smallest absolute Gasteiger partial charge is 0.657 e. The first-order valence-electron chi connectivity index (χ1n) is 10.1. The van der Waals surface area contributed by atoms with Crippen LogP contribution < -0.4 is 10.6 Å². The first-order chi connectivity index (χ1) is 11.8. The van der Waals surface area contributed by atoms with E-state index in [1.807, 2.05) is 0 Å². The van der Waals surface area contributed by atoms with Crippen LogP contribution in [0.15, 0.2) is 24.3 Å². The van der Waals surface area contributed by atoms with E-state index in [4.69, 9.17) is 10.6 Å². The van der Waals surface area contributed by atoms with Gasteiger partial charge in [0.1, 0.15) is 0 Å². The molecule has 4 nitrogen and oxygen atoms in total. The van der Waals surface area contributed by atoms with Crippen molar-refractivity contribution in [3.8, 4) is 0 Å². The molecule has 3 saturated heterocycles. The van der Waals surface area contributed by atoms with E-state index in [-0.39, 0.29) is 17.1 Å². The molecular formula is C20H30FeN4+3. The Morgan fingerprint density at radius 3 is 1.08 bits per heavy atom. The Labute approximate surface area is 162 Å². The average molecular weight is 382 g/mol. The summed E-state index contributed by atoms with van der Waals surface area (Å²) in [6.45, 7) is 0. The van der Waals surface area contributed by atoms with Gasteiger partial charge in [-0.15, -0.1) is 24.2 Å². The zero-order valence-electron chi connectivity index (χ0n) is 14.8. The quantitative estimate of drug-likeness (QED) is 0.500. The van der Waals surface area contributed by atoms with Gasteiger partial charge >= 0.3 is 17.1 Å². The molecule has 0 saturated carbocycles. The third kappa shape index (κ3) is 4.23. The van der Waals surface area contributed by atoms with Crippen LogP contribution in [0, 0.1) is 0 Å². The van der Waals surface area contributed by atoms with Gasteiger partial charge in [-0.3, -0.25) is 0 Å². The molecule has 8 unspecified atom stereocenters. The normalized spacial score (nSPS) is 48.6. The second-order valence-corrected chi connectivity index (χ2v) is 8.54. The van der Waals surface area contributed by atoms with Crippen LogP contribution in [0.5, 0.6) is 0 Å². The minimum absolute atomic E-state index is 0. The number of nitrogens with zero attached hydrogens (tertiary/aromatic N) is 2. The van der Waals surface area contributed by atoms with Crippen LogP contribution >= 0.6 is 0 Å². The molecule has 2 N–H and O–H groups in total. The molecule has 5 heterocycles. The molecule has 135 valence electrons. The van der Waals surface area contributed by atoms with Gasteiger partial charge in [0.15, 0.2) is 0 Å². The first kappa shape index (κ1) is 18.2. The second kappa shape index (κ2) is 7.84. The topological polar surface area (TPSA) is 52.3 Å². The zero-order valence-corrected chi connectivity index (χ0v) is 15.9. The van der Waals surface area contributed by atoms with E-state index < -0.39 is 0 Å². The first-order valence-corrected chi connectivity index (χ1v) is 10.1. The Morgan fingerprint density at radius 2 is 0.800 bits per heavy atom. The Hall–Kier alpha value is -0.161. The van der Waals surface area contributed by atoms with Gasteiger partial charge in [-0.2, -0.15) is 0 Å². The fourth-order valence-corrected chi connectivity index (χ4v) is 5.45. The largest absolute Gasteiger partial charge is 5.00 e. The van der Waals surface area contributed by atoms with E-state index in [0.29, 0.717) is 48.3 Å². The van der Waals surface area contributed by atoms with Gasteiger partial charge in [-0.25, -0.2) is 0 Å². The molecule has 25 heavy (non-hydrogen) atoms. The van der Waals surface area contributed by atoms with Crippen molar-refractivity contribution in [1.29, 1.82) is 0 Å². The Bertz CT molecular complexity index is 436. The molecule has 3 fully saturated rings. The van der Waals surface area contributed by atoms with Crippen LogP contribution in [-0.4, -0.2) is 48.3 Å². The van der Waals surface area contributed by atoms with Crippen molar-refractivity contribution >= 4 is 0 Å². The van der Waals surface area contributed by atoms with Crippen molar-refractivity contribution in [3.05, 3.63) is 34.9 Å². The molecular weight excluding hydrogens is 352 g/mol. The summed E-state index contributed by atoms with van der Waals surface area (Å²) >= 11 is 0. The number of rotatable bonds is 0. The number of hydrogen-bond donors (Lipinski definition) is 2. The summed E-state index contributed by atoms with van der Waals surface area (Å²) in [4.78, 5) is 0. The van der Waals surface area contributed by atoms with Crippen molar-refractivity contribution in [2.45, 2.75) is 99.7 Å². The van der Waals surface area contributed by atoms with E-state index in [1.54, 1.807) is 0 Å². The Balaban J connectivity index is 0.00000157. The van der Waals surface area contributed by atoms with E-state index in [1.165, 1.54) is 51.4 Å². The van der Waals surface area contributed by atoms with Gasteiger partial charge < -0.3 is 21.3 Å². The van der Waals surface area contributed by atoms with Gasteiger partial charge in [0.2, 0.25) is 0 Å². The van der Waals surface area contributed by atoms with Gasteiger partial charge in [0.25, 0.3) is 0 Å². The predicted molar refractivity (Wildman–Crippen MR) is 98.5 cm³/mol. The van der Waals surface area contributed by atoms with E-state index >= 15 is 0 Å². The minimum atomic E-state index is 0. The number of nitrogens with one attached hydrogen (secondary N) is 2. The Morgan fingerprint density at radius 1 is 0.520 bits per heavy atom. The maximum Gasteiger partial charge on any atom is 5.00 e. The van der Waals surface area contributed by atoms with Crippen LogP contribution in [-0.2, 0) is 17.1 Å². The van der Waals surface area contributed by atoms with Crippen LogP contribution in [0.1, 0.15) is 51.4 Å². The molecule has 5 aliphatic heterocycles. The van der Waals surface area contributed by atoms with E-state index in [0.717, 1.165) is 0 Å². The summed E-state index contributed by atoms with van der Waals surface area (Å²) in [6, 6.07) is 4.36. The fourth-order valence-electron chi connectivity index (χ4n) is 5.45. The zero-order chi connectivity index (χ0) is 15.9. The molecule has 1 radical (unpaired) electrons. The molecule has 0 aromatic heterocycles. The summed E-state index contributed by atoms with van der Waals surface area (Å²) in [5.41, 5.74) is 0. The van der Waals surface area contributed by atoms with Crippen molar-refractivity contribution in [3.63, 3.8) is 0 Å². The van der Waals surface area contributed by atoms with Crippen molar-refractivity contribution < 1.29 is 17.1 Å². The molecule has 0 aromatic rings. The summed E-state index contributed by atoms with van der Waals surface area (Å²) in [5.74, 6) is 0. The molecule has 0 spiro atoms. The van der Waals surface area contributed by atoms with Crippen molar-refractivity contribution in [1.82, 2.24) is 10.6 Å². The molecule has 0 aromatic carbocycles. The predicted octanol–water partition coefficient (Wildman–Crippen LogP) is 3.16. The molecule has 0 amide bonds. The van der Waals surface area contributed by atoms with Crippen LogP contribution in [0.25, 0.3) is 10.6 Å². The van der Waals surface area contributed by atoms with Gasteiger partial charge in [-0.1, -0.05) is 75.7 Å². The number of fused-ring (bicyclic) bond motifs is 8. The van der Waals surface area contributed by atoms with Crippen LogP contribution in [0.2, 0.25) is 0 Å². The summed E-state index contributed by atoms with van der Waals surface area (Å²) in [5, 5.41) is 17.9. The standard InChI is InChI=1S/C20H30N4.Fe/c1-2-14-10-16-5-6-18(23-16)12-20-8-7-19(24-20)11-17-4-3-15(22-17)9-13(1)21-14;/h1-2,7-8,13-21,24H,3-6,9-12H2;/q-2;+5. The molecule has 5 aliphatic rings. The molecule has 5 heteroatoms. The van der Waals surface area contributed by atoms with Crippen molar-refractivity contribution in [2.75, 3.05) is 0 Å². The average Bonchev–Trinajstić information content (AvgIpc) is 3.32. The maximum atomic E-state index is 5.13. The third-order valence-electron chi connectivity index (χ3n) is 6.62. The second-order valence-electron chi connectivity index (χ2n) is 8.54. The molecule has 0 aliphatic carbocycles. The molecule has 5 rings (SSSR count). The monoisotopic (exact) mass is 382 g/mol. The van der Waals surface area contributed by atoms with Gasteiger partial charge in [-0.05, 0) is 0 Å². The fraction of sp³-hybridized carbons (Fsp3) is 0.800. The van der Waals surface area contributed by atoms with Crippen molar-refractivity contribution in [2.24, 2.45) is 0 Å². The van der Waals surface area contributed by atoms with Gasteiger partial charge in [0, 0.05) is 24.2 Å². The third-order valence-corrected chi connectivity index (χ3v) is 6.62. The summed E-state index contributed by atoms with van der Waals surface area (Å²) in [6.07, 6.45) is 19.4. The minimum Gasteiger partial charge on any atom is -0.657 e. The van der Waals surface area contributed by atoms with E-state index in [2.05, 4.69) is 34.9 Å². The maximum absolute atomic E-state index is 5.13. The Kier molecular flexibility index (Phi) is 5.71. The summed E-state index contributed by atoms with van der Waals surface area (Å²) in [7, 11) is 0. The molecule has 8 atom stereocenters. The van der Waals surface area contributed by atoms with Crippen LogP contribution in [0.4, 0.5) is 0 Å². The van der Waals surface area contributed by atoms with Crippen LogP contribution in [0.3, 0.4) is 0 Å². The van der Waals surface area contributed by atoms with E-state index in [9.17, 15) is 0 Å².